The molecule has 3 aromatic heterocycles. The standard InChI is InChI=1S/C29H40F2N6O2S/c1-18(2)24-15-25(23-12-9-21(33-19(23)3)17-40(38,39)14-13-29(4,30)31)35-26-16-32-28(36-27(24)26)34-20-7-10-22(11-8-20)37(5)6/h9,12,15-16,18,20,22H,7-8,10-11,13-14,17H2,1-6H3,(H,32,34,36). The fourth-order valence-corrected chi connectivity index (χ4v) is 6.64. The van der Waals surface area contributed by atoms with E-state index in [1.165, 1.54) is 0 Å². The Balaban J connectivity index is 1.56. The molecule has 0 unspecified atom stereocenters. The first kappa shape index (κ1) is 30.2. The van der Waals surface area contributed by atoms with Crippen molar-refractivity contribution in [1.29, 1.82) is 0 Å². The predicted octanol–water partition coefficient (Wildman–Crippen LogP) is 5.76. The maximum absolute atomic E-state index is 13.2. The molecule has 0 atom stereocenters. The third-order valence-electron chi connectivity index (χ3n) is 7.60. The maximum Gasteiger partial charge on any atom is 0.246 e. The lowest BCUT2D eigenvalue weighted by molar-refractivity contribution is 0.0189. The van der Waals surface area contributed by atoms with Crippen LogP contribution in [-0.4, -0.2) is 71.1 Å². The van der Waals surface area contributed by atoms with Crippen molar-refractivity contribution in [2.75, 3.05) is 25.2 Å². The first-order valence-electron chi connectivity index (χ1n) is 13.9. The number of anilines is 1. The largest absolute Gasteiger partial charge is 0.351 e. The van der Waals surface area contributed by atoms with Crippen molar-refractivity contribution in [2.24, 2.45) is 0 Å². The quantitative estimate of drug-likeness (QED) is 0.326. The number of aromatic nitrogens is 4. The molecule has 0 aliphatic heterocycles. The van der Waals surface area contributed by atoms with Gasteiger partial charge in [0, 0.05) is 29.8 Å². The minimum Gasteiger partial charge on any atom is -0.351 e. The average molecular weight is 575 g/mol. The topological polar surface area (TPSA) is 101 Å². The van der Waals surface area contributed by atoms with Crippen LogP contribution in [0.5, 0.6) is 0 Å². The molecular weight excluding hydrogens is 534 g/mol. The lowest BCUT2D eigenvalue weighted by Gasteiger charge is -2.33. The number of pyridine rings is 2. The molecule has 1 fully saturated rings. The third kappa shape index (κ3) is 7.69. The molecule has 11 heteroatoms. The highest BCUT2D eigenvalue weighted by molar-refractivity contribution is 7.90. The molecule has 4 rings (SSSR count). The summed E-state index contributed by atoms with van der Waals surface area (Å²) < 4.78 is 51.1. The zero-order chi connectivity index (χ0) is 29.2. The Labute approximate surface area is 236 Å². The molecule has 8 nitrogen and oxygen atoms in total. The minimum atomic E-state index is -3.71. The Bertz CT molecular complexity index is 1450. The van der Waals surface area contributed by atoms with Gasteiger partial charge in [-0.1, -0.05) is 13.8 Å². The van der Waals surface area contributed by atoms with Gasteiger partial charge in [0.1, 0.15) is 5.52 Å². The number of fused-ring (bicyclic) bond motifs is 1. The molecule has 0 amide bonds. The summed E-state index contributed by atoms with van der Waals surface area (Å²) in [6.45, 7) is 6.73. The van der Waals surface area contributed by atoms with Crippen molar-refractivity contribution in [3.8, 4) is 11.3 Å². The van der Waals surface area contributed by atoms with E-state index < -0.39 is 27.9 Å². The number of sulfone groups is 1. The number of aryl methyl sites for hydroxylation is 1. The zero-order valence-electron chi connectivity index (χ0n) is 24.2. The van der Waals surface area contributed by atoms with Crippen LogP contribution in [0.3, 0.4) is 0 Å². The molecule has 3 aromatic rings. The van der Waals surface area contributed by atoms with Crippen molar-refractivity contribution in [3.63, 3.8) is 0 Å². The first-order valence-corrected chi connectivity index (χ1v) is 15.7. The van der Waals surface area contributed by atoms with E-state index in [1.807, 2.05) is 6.07 Å². The highest BCUT2D eigenvalue weighted by atomic mass is 32.2. The molecule has 0 radical (unpaired) electrons. The van der Waals surface area contributed by atoms with E-state index >= 15 is 0 Å². The Hall–Kier alpha value is -2.79. The van der Waals surface area contributed by atoms with Crippen LogP contribution in [0.4, 0.5) is 14.7 Å². The van der Waals surface area contributed by atoms with E-state index in [-0.39, 0.29) is 11.7 Å². The van der Waals surface area contributed by atoms with Crippen LogP contribution < -0.4 is 5.32 Å². The maximum atomic E-state index is 13.2. The normalized spacial score (nSPS) is 18.6. The molecule has 0 bridgehead atoms. The minimum absolute atomic E-state index is 0.178. The summed E-state index contributed by atoms with van der Waals surface area (Å²) in [5.74, 6) is -3.20. The smallest absolute Gasteiger partial charge is 0.246 e. The Morgan fingerprint density at radius 3 is 2.40 bits per heavy atom. The van der Waals surface area contributed by atoms with Gasteiger partial charge in [-0.15, -0.1) is 0 Å². The van der Waals surface area contributed by atoms with Crippen LogP contribution in [-0.2, 0) is 15.6 Å². The fourth-order valence-electron chi connectivity index (χ4n) is 5.21. The fraction of sp³-hybridized carbons (Fsp3) is 0.586. The molecule has 1 aliphatic rings. The van der Waals surface area contributed by atoms with E-state index in [1.54, 1.807) is 25.3 Å². The van der Waals surface area contributed by atoms with E-state index in [0.717, 1.165) is 49.3 Å². The van der Waals surface area contributed by atoms with Crippen LogP contribution in [0.15, 0.2) is 24.4 Å². The number of nitrogens with zero attached hydrogens (tertiary/aromatic N) is 5. The second-order valence-corrected chi connectivity index (χ2v) is 13.8. The van der Waals surface area contributed by atoms with Gasteiger partial charge < -0.3 is 10.2 Å². The van der Waals surface area contributed by atoms with Crippen LogP contribution in [0.2, 0.25) is 0 Å². The lowest BCUT2D eigenvalue weighted by Crippen LogP contribution is -2.36. The number of nitrogens with one attached hydrogen (secondary N) is 1. The highest BCUT2D eigenvalue weighted by Crippen LogP contribution is 2.31. The number of alkyl halides is 2. The average Bonchev–Trinajstić information content (AvgIpc) is 2.87. The highest BCUT2D eigenvalue weighted by Gasteiger charge is 2.26. The van der Waals surface area contributed by atoms with E-state index in [2.05, 4.69) is 48.1 Å². The lowest BCUT2D eigenvalue weighted by atomic mass is 9.90. The van der Waals surface area contributed by atoms with Crippen LogP contribution in [0.25, 0.3) is 22.3 Å². The van der Waals surface area contributed by atoms with Gasteiger partial charge in [-0.3, -0.25) is 4.98 Å². The van der Waals surface area contributed by atoms with Crippen molar-refractivity contribution in [3.05, 3.63) is 41.3 Å². The van der Waals surface area contributed by atoms with Crippen molar-refractivity contribution in [2.45, 2.75) is 89.5 Å². The molecule has 0 aromatic carbocycles. The molecule has 0 saturated heterocycles. The van der Waals surface area contributed by atoms with E-state index in [4.69, 9.17) is 9.97 Å². The SMILES string of the molecule is Cc1nc(CS(=O)(=O)CCC(C)(F)F)ccc1-c1cc(C(C)C)c2nc(NC3CCC(N(C)C)CC3)ncc2n1. The van der Waals surface area contributed by atoms with Crippen molar-refractivity contribution < 1.29 is 17.2 Å². The van der Waals surface area contributed by atoms with Gasteiger partial charge >= 0.3 is 0 Å². The molecule has 1 saturated carbocycles. The summed E-state index contributed by atoms with van der Waals surface area (Å²) >= 11 is 0. The summed E-state index contributed by atoms with van der Waals surface area (Å²) in [5.41, 5.74) is 4.92. The van der Waals surface area contributed by atoms with Crippen LogP contribution in [0.1, 0.15) is 75.7 Å². The van der Waals surface area contributed by atoms with Gasteiger partial charge in [-0.05, 0) is 83.3 Å². The monoisotopic (exact) mass is 574 g/mol. The van der Waals surface area contributed by atoms with Crippen LogP contribution >= 0.6 is 0 Å². The first-order chi connectivity index (χ1) is 18.7. The summed E-state index contributed by atoms with van der Waals surface area (Å²) in [6.07, 6.45) is 5.49. The van der Waals surface area contributed by atoms with Gasteiger partial charge in [-0.2, -0.15) is 0 Å². The van der Waals surface area contributed by atoms with Gasteiger partial charge in [0.2, 0.25) is 11.9 Å². The van der Waals surface area contributed by atoms with Crippen molar-refractivity contribution >= 4 is 26.8 Å². The number of hydrogen-bond donors (Lipinski definition) is 1. The van der Waals surface area contributed by atoms with Gasteiger partial charge in [-0.25, -0.2) is 32.2 Å². The molecule has 40 heavy (non-hydrogen) atoms. The summed E-state index contributed by atoms with van der Waals surface area (Å²) in [4.78, 5) is 21.0. The molecular formula is C29H40F2N6O2S. The Morgan fingerprint density at radius 2 is 1.80 bits per heavy atom. The molecule has 0 spiro atoms. The van der Waals surface area contributed by atoms with Gasteiger partial charge in [0.05, 0.1) is 34.6 Å². The summed E-state index contributed by atoms with van der Waals surface area (Å²) in [5, 5.41) is 3.53. The van der Waals surface area contributed by atoms with Gasteiger partial charge in [0.15, 0.2) is 9.84 Å². The van der Waals surface area contributed by atoms with E-state index in [0.29, 0.717) is 40.6 Å². The Kier molecular flexibility index (Phi) is 9.04. The predicted molar refractivity (Wildman–Crippen MR) is 155 cm³/mol. The second-order valence-electron chi connectivity index (χ2n) is 11.6. The molecule has 1 N–H and O–H groups in total. The summed E-state index contributed by atoms with van der Waals surface area (Å²) in [6, 6.07) is 6.39. The van der Waals surface area contributed by atoms with Gasteiger partial charge in [0.25, 0.3) is 0 Å². The Morgan fingerprint density at radius 1 is 1.10 bits per heavy atom. The number of hydrogen-bond acceptors (Lipinski definition) is 8. The van der Waals surface area contributed by atoms with Crippen LogP contribution in [0, 0.1) is 6.92 Å². The zero-order valence-corrected chi connectivity index (χ0v) is 25.0. The molecule has 3 heterocycles. The van der Waals surface area contributed by atoms with E-state index in [9.17, 15) is 17.2 Å². The molecule has 218 valence electrons. The number of rotatable bonds is 10. The summed E-state index contributed by atoms with van der Waals surface area (Å²) in [7, 11) is 0.557. The third-order valence-corrected chi connectivity index (χ3v) is 9.16. The second kappa shape index (κ2) is 12.0. The van der Waals surface area contributed by atoms with Crippen molar-refractivity contribution in [1.82, 2.24) is 24.8 Å². The molecule has 1 aliphatic carbocycles. The number of halogens is 2.